The lowest BCUT2D eigenvalue weighted by molar-refractivity contribution is 0.0474. The average Bonchev–Trinajstić information content (AvgIpc) is 2.79. The van der Waals surface area contributed by atoms with Crippen LogP contribution in [0.5, 0.6) is 28.7 Å². The fourth-order valence-corrected chi connectivity index (χ4v) is 3.45. The number of hydrogen-bond donors (Lipinski definition) is 0. The molecule has 0 aromatic heterocycles. The minimum Gasteiger partial charge on any atom is -0.490 e. The van der Waals surface area contributed by atoms with Crippen molar-refractivity contribution in [3.8, 4) is 28.7 Å². The van der Waals surface area contributed by atoms with Gasteiger partial charge in [-0.2, -0.15) is 0 Å². The van der Waals surface area contributed by atoms with Gasteiger partial charge in [-0.15, -0.1) is 0 Å². The first-order valence-corrected chi connectivity index (χ1v) is 10.8. The fourth-order valence-electron chi connectivity index (χ4n) is 3.45. The predicted molar refractivity (Wildman–Crippen MR) is 118 cm³/mol. The third kappa shape index (κ3) is 5.34. The largest absolute Gasteiger partial charge is 0.490 e. The van der Waals surface area contributed by atoms with Gasteiger partial charge < -0.3 is 28.6 Å². The highest BCUT2D eigenvalue weighted by atomic mass is 16.6. The molecule has 1 atom stereocenters. The summed E-state index contributed by atoms with van der Waals surface area (Å²) in [4.78, 5) is 15.1. The molecular weight excluding hydrogens is 398 g/mol. The van der Waals surface area contributed by atoms with E-state index in [-0.39, 0.29) is 12.0 Å². The van der Waals surface area contributed by atoms with E-state index in [4.69, 9.17) is 23.7 Å². The molecule has 0 radical (unpaired) electrons. The summed E-state index contributed by atoms with van der Waals surface area (Å²) in [5, 5.41) is 0. The first kappa shape index (κ1) is 22.6. The monoisotopic (exact) mass is 429 g/mol. The standard InChI is InChI=1S/C24H31NO6/c1-5-25(15-18-16-30-19-11-9-10-12-20(19)31-18)24(26)17-13-21(27-6-2)23(29-8-4)22(14-17)28-7-3/h9-14,18H,5-8,15-16H2,1-4H3/t18-/m0/s1. The Morgan fingerprint density at radius 1 is 0.968 bits per heavy atom. The number of ether oxygens (including phenoxy) is 5. The number of nitrogens with zero attached hydrogens (tertiary/aromatic N) is 1. The molecule has 0 saturated carbocycles. The molecule has 2 aromatic rings. The Labute approximate surface area is 183 Å². The minimum atomic E-state index is -0.251. The fraction of sp³-hybridized carbons (Fsp3) is 0.458. The van der Waals surface area contributed by atoms with Gasteiger partial charge in [-0.25, -0.2) is 0 Å². The maximum Gasteiger partial charge on any atom is 0.254 e. The number of benzene rings is 2. The molecule has 1 aliphatic rings. The van der Waals surface area contributed by atoms with Crippen molar-refractivity contribution in [2.75, 3.05) is 39.5 Å². The number of rotatable bonds is 10. The second-order valence-electron chi connectivity index (χ2n) is 6.94. The maximum absolute atomic E-state index is 13.4. The predicted octanol–water partition coefficient (Wildman–Crippen LogP) is 4.18. The average molecular weight is 430 g/mol. The first-order chi connectivity index (χ1) is 15.1. The molecule has 3 rings (SSSR count). The van der Waals surface area contributed by atoms with E-state index in [2.05, 4.69) is 0 Å². The second kappa shape index (κ2) is 10.8. The van der Waals surface area contributed by atoms with E-state index in [1.165, 1.54) is 0 Å². The van der Waals surface area contributed by atoms with Crippen LogP contribution in [0.2, 0.25) is 0 Å². The molecule has 31 heavy (non-hydrogen) atoms. The lowest BCUT2D eigenvalue weighted by Crippen LogP contribution is -2.43. The molecule has 0 saturated heterocycles. The number of para-hydroxylation sites is 2. The summed E-state index contributed by atoms with van der Waals surface area (Å²) in [6.07, 6.45) is -0.251. The van der Waals surface area contributed by atoms with Crippen LogP contribution in [0.4, 0.5) is 0 Å². The number of carbonyl (C=O) groups excluding carboxylic acids is 1. The van der Waals surface area contributed by atoms with Gasteiger partial charge in [0.1, 0.15) is 6.61 Å². The summed E-state index contributed by atoms with van der Waals surface area (Å²) in [5.74, 6) is 2.81. The Bertz CT molecular complexity index is 857. The molecule has 0 bridgehead atoms. The van der Waals surface area contributed by atoms with E-state index >= 15 is 0 Å². The molecule has 2 aromatic carbocycles. The molecule has 7 nitrogen and oxygen atoms in total. The van der Waals surface area contributed by atoms with Crippen molar-refractivity contribution in [3.05, 3.63) is 42.0 Å². The van der Waals surface area contributed by atoms with Crippen LogP contribution in [-0.4, -0.2) is 56.4 Å². The third-order valence-electron chi connectivity index (χ3n) is 4.82. The number of hydrogen-bond acceptors (Lipinski definition) is 6. The van der Waals surface area contributed by atoms with Crippen LogP contribution < -0.4 is 23.7 Å². The Balaban J connectivity index is 1.82. The first-order valence-electron chi connectivity index (χ1n) is 10.8. The smallest absolute Gasteiger partial charge is 0.254 e. The van der Waals surface area contributed by atoms with Crippen LogP contribution in [0, 0.1) is 0 Å². The molecule has 0 N–H and O–H groups in total. The van der Waals surface area contributed by atoms with Crippen molar-refractivity contribution in [1.29, 1.82) is 0 Å². The zero-order valence-electron chi connectivity index (χ0n) is 18.7. The number of carbonyl (C=O) groups is 1. The van der Waals surface area contributed by atoms with Gasteiger partial charge in [0.25, 0.3) is 5.91 Å². The molecule has 1 heterocycles. The Morgan fingerprint density at radius 2 is 1.58 bits per heavy atom. The van der Waals surface area contributed by atoms with Gasteiger partial charge in [-0.3, -0.25) is 4.79 Å². The molecule has 1 amide bonds. The van der Waals surface area contributed by atoms with Crippen molar-refractivity contribution in [2.24, 2.45) is 0 Å². The van der Waals surface area contributed by atoms with Crippen molar-refractivity contribution < 1.29 is 28.5 Å². The highest BCUT2D eigenvalue weighted by molar-refractivity contribution is 5.95. The summed E-state index contributed by atoms with van der Waals surface area (Å²) in [6.45, 7) is 10.3. The van der Waals surface area contributed by atoms with Gasteiger partial charge in [0, 0.05) is 12.1 Å². The van der Waals surface area contributed by atoms with Gasteiger partial charge >= 0.3 is 0 Å². The molecule has 0 fully saturated rings. The molecule has 168 valence electrons. The minimum absolute atomic E-state index is 0.130. The highest BCUT2D eigenvalue weighted by Crippen LogP contribution is 2.39. The number of likely N-dealkylation sites (N-methyl/N-ethyl adjacent to an activating group) is 1. The van der Waals surface area contributed by atoms with E-state index in [1.54, 1.807) is 17.0 Å². The van der Waals surface area contributed by atoms with Crippen LogP contribution in [0.25, 0.3) is 0 Å². The van der Waals surface area contributed by atoms with E-state index in [9.17, 15) is 4.79 Å². The van der Waals surface area contributed by atoms with Gasteiger partial charge in [-0.05, 0) is 52.0 Å². The molecule has 0 spiro atoms. The van der Waals surface area contributed by atoms with Gasteiger partial charge in [0.2, 0.25) is 5.75 Å². The van der Waals surface area contributed by atoms with Crippen molar-refractivity contribution in [2.45, 2.75) is 33.8 Å². The summed E-state index contributed by atoms with van der Waals surface area (Å²) >= 11 is 0. The van der Waals surface area contributed by atoms with Gasteiger partial charge in [-0.1, -0.05) is 12.1 Å². The summed E-state index contributed by atoms with van der Waals surface area (Å²) in [7, 11) is 0. The van der Waals surface area contributed by atoms with Crippen molar-refractivity contribution in [3.63, 3.8) is 0 Å². The molecule has 7 heteroatoms. The molecular formula is C24H31NO6. The number of amides is 1. The van der Waals surface area contributed by atoms with Crippen molar-refractivity contribution in [1.82, 2.24) is 4.90 Å². The van der Waals surface area contributed by atoms with Crippen LogP contribution in [0.3, 0.4) is 0 Å². The maximum atomic E-state index is 13.4. The Hall–Kier alpha value is -3.09. The van der Waals surface area contributed by atoms with E-state index in [0.717, 1.165) is 5.75 Å². The molecule has 0 aliphatic carbocycles. The highest BCUT2D eigenvalue weighted by Gasteiger charge is 2.27. The van der Waals surface area contributed by atoms with Gasteiger partial charge in [0.15, 0.2) is 29.1 Å². The SMILES string of the molecule is CCOc1cc(C(=O)N(CC)C[C@H]2COc3ccccc3O2)cc(OCC)c1OCC. The zero-order valence-corrected chi connectivity index (χ0v) is 18.7. The molecule has 0 unspecified atom stereocenters. The third-order valence-corrected chi connectivity index (χ3v) is 4.82. The lowest BCUT2D eigenvalue weighted by Gasteiger charge is -2.31. The number of fused-ring (bicyclic) bond motifs is 1. The van der Waals surface area contributed by atoms with Crippen LogP contribution in [0.15, 0.2) is 36.4 Å². The van der Waals surface area contributed by atoms with Crippen molar-refractivity contribution >= 4 is 5.91 Å². The molecule has 1 aliphatic heterocycles. The van der Waals surface area contributed by atoms with E-state index in [0.29, 0.717) is 68.1 Å². The normalized spacial score (nSPS) is 14.6. The zero-order chi connectivity index (χ0) is 22.2. The van der Waals surface area contributed by atoms with Crippen LogP contribution >= 0.6 is 0 Å². The van der Waals surface area contributed by atoms with Crippen LogP contribution in [0.1, 0.15) is 38.1 Å². The Kier molecular flexibility index (Phi) is 7.87. The quantitative estimate of drug-likeness (QED) is 0.564. The van der Waals surface area contributed by atoms with E-state index < -0.39 is 0 Å². The van der Waals surface area contributed by atoms with E-state index in [1.807, 2.05) is 52.0 Å². The Morgan fingerprint density at radius 3 is 2.16 bits per heavy atom. The second-order valence-corrected chi connectivity index (χ2v) is 6.94. The summed E-state index contributed by atoms with van der Waals surface area (Å²) < 4.78 is 29.1. The summed E-state index contributed by atoms with van der Waals surface area (Å²) in [6, 6.07) is 11.0. The van der Waals surface area contributed by atoms with Gasteiger partial charge in [0.05, 0.1) is 26.4 Å². The lowest BCUT2D eigenvalue weighted by atomic mass is 10.1. The van der Waals surface area contributed by atoms with Crippen LogP contribution in [-0.2, 0) is 0 Å². The summed E-state index contributed by atoms with van der Waals surface area (Å²) in [5.41, 5.74) is 0.481. The topological polar surface area (TPSA) is 66.5 Å².